The molecule has 0 radical (unpaired) electrons. The van der Waals surface area contributed by atoms with E-state index in [1.165, 1.54) is 6.07 Å². The fourth-order valence-corrected chi connectivity index (χ4v) is 2.13. The van der Waals surface area contributed by atoms with Gasteiger partial charge in [-0.25, -0.2) is 4.39 Å². The van der Waals surface area contributed by atoms with Crippen molar-refractivity contribution in [2.45, 2.75) is 18.9 Å². The molecule has 1 N–H and O–H groups in total. The van der Waals surface area contributed by atoms with Crippen LogP contribution in [0, 0.1) is 5.82 Å². The van der Waals surface area contributed by atoms with Crippen LogP contribution in [0.3, 0.4) is 0 Å². The monoisotopic (exact) mass is 230 g/mol. The fourth-order valence-electron chi connectivity index (χ4n) is 1.65. The van der Waals surface area contributed by atoms with E-state index in [0.717, 1.165) is 16.5 Å². The van der Waals surface area contributed by atoms with Gasteiger partial charge < -0.3 is 5.11 Å². The molecule has 1 nitrogen and oxygen atoms in total. The van der Waals surface area contributed by atoms with Crippen LogP contribution < -0.4 is 0 Å². The second-order valence-corrected chi connectivity index (χ2v) is 3.93. The van der Waals surface area contributed by atoms with Crippen LogP contribution in [0.5, 0.6) is 0 Å². The van der Waals surface area contributed by atoms with E-state index in [1.54, 1.807) is 0 Å². The Hall–Kier alpha value is -0.410. The number of aryl methyl sites for hydroxylation is 1. The predicted molar refractivity (Wildman–Crippen MR) is 47.4 cm³/mol. The number of halogens is 2. The van der Waals surface area contributed by atoms with Gasteiger partial charge in [0.15, 0.2) is 0 Å². The van der Waals surface area contributed by atoms with Gasteiger partial charge >= 0.3 is 0 Å². The molecule has 1 aliphatic rings. The molecule has 12 heavy (non-hydrogen) atoms. The molecule has 0 fully saturated rings. The summed E-state index contributed by atoms with van der Waals surface area (Å²) in [7, 11) is 0. The number of aliphatic hydroxyl groups is 1. The Morgan fingerprint density at radius 2 is 2.25 bits per heavy atom. The molecular formula is C9H8BrFO. The molecule has 1 aromatic carbocycles. The third-order valence-corrected chi connectivity index (χ3v) is 2.66. The number of benzene rings is 1. The quantitative estimate of drug-likeness (QED) is 0.727. The molecule has 1 aromatic rings. The Labute approximate surface area is 78.3 Å². The first-order valence-electron chi connectivity index (χ1n) is 3.84. The standard InChI is InChI=1S/C9H8BrFO/c10-6-3-5-1-2-8(12)9(5)7(11)4-6/h3-4,8,12H,1-2H2/t8-/m0/s1. The van der Waals surface area contributed by atoms with E-state index in [1.807, 2.05) is 6.07 Å². The van der Waals surface area contributed by atoms with E-state index in [9.17, 15) is 9.50 Å². The zero-order chi connectivity index (χ0) is 8.72. The molecule has 0 aliphatic heterocycles. The van der Waals surface area contributed by atoms with Crippen molar-refractivity contribution < 1.29 is 9.50 Å². The first-order chi connectivity index (χ1) is 5.68. The topological polar surface area (TPSA) is 20.2 Å². The molecule has 64 valence electrons. The van der Waals surface area contributed by atoms with Gasteiger partial charge in [0.2, 0.25) is 0 Å². The molecule has 0 saturated heterocycles. The highest BCUT2D eigenvalue weighted by atomic mass is 79.9. The van der Waals surface area contributed by atoms with Gasteiger partial charge in [-0.05, 0) is 30.5 Å². The number of fused-ring (bicyclic) bond motifs is 1. The molecule has 0 aromatic heterocycles. The van der Waals surface area contributed by atoms with Crippen LogP contribution in [0.25, 0.3) is 0 Å². The normalized spacial score (nSPS) is 21.1. The first kappa shape index (κ1) is 8.20. The van der Waals surface area contributed by atoms with Crippen molar-refractivity contribution in [1.82, 2.24) is 0 Å². The van der Waals surface area contributed by atoms with Gasteiger partial charge in [0.1, 0.15) is 5.82 Å². The minimum atomic E-state index is -0.604. The van der Waals surface area contributed by atoms with Crippen LogP contribution in [-0.2, 0) is 6.42 Å². The second-order valence-electron chi connectivity index (χ2n) is 3.01. The number of hydrogen-bond acceptors (Lipinski definition) is 1. The zero-order valence-electron chi connectivity index (χ0n) is 6.35. The third-order valence-electron chi connectivity index (χ3n) is 2.20. The Bertz CT molecular complexity index is 325. The van der Waals surface area contributed by atoms with Gasteiger partial charge in [-0.3, -0.25) is 0 Å². The van der Waals surface area contributed by atoms with Gasteiger partial charge in [-0.1, -0.05) is 15.9 Å². The lowest BCUT2D eigenvalue weighted by Gasteiger charge is -2.05. The number of aliphatic hydroxyl groups excluding tert-OH is 1. The largest absolute Gasteiger partial charge is 0.388 e. The highest BCUT2D eigenvalue weighted by Gasteiger charge is 2.24. The molecule has 0 heterocycles. The van der Waals surface area contributed by atoms with Gasteiger partial charge in [0.05, 0.1) is 6.10 Å². The summed E-state index contributed by atoms with van der Waals surface area (Å²) in [6.07, 6.45) is 0.809. The van der Waals surface area contributed by atoms with Crippen LogP contribution in [-0.4, -0.2) is 5.11 Å². The molecule has 3 heteroatoms. The summed E-state index contributed by atoms with van der Waals surface area (Å²) in [6.45, 7) is 0. The van der Waals surface area contributed by atoms with E-state index < -0.39 is 6.10 Å². The lowest BCUT2D eigenvalue weighted by molar-refractivity contribution is 0.176. The summed E-state index contributed by atoms with van der Waals surface area (Å²) in [4.78, 5) is 0. The van der Waals surface area contributed by atoms with Crippen LogP contribution in [0.1, 0.15) is 23.7 Å². The first-order valence-corrected chi connectivity index (χ1v) is 4.63. The lowest BCUT2D eigenvalue weighted by atomic mass is 10.1. The molecule has 0 bridgehead atoms. The molecule has 0 unspecified atom stereocenters. The molecule has 2 rings (SSSR count). The average Bonchev–Trinajstić information content (AvgIpc) is 2.31. The number of rotatable bonds is 0. The van der Waals surface area contributed by atoms with Crippen molar-refractivity contribution >= 4 is 15.9 Å². The summed E-state index contributed by atoms with van der Waals surface area (Å²) >= 11 is 3.21. The highest BCUT2D eigenvalue weighted by molar-refractivity contribution is 9.10. The minimum Gasteiger partial charge on any atom is -0.388 e. The molecular weight excluding hydrogens is 223 g/mol. The zero-order valence-corrected chi connectivity index (χ0v) is 7.94. The van der Waals surface area contributed by atoms with Gasteiger partial charge in [0, 0.05) is 10.0 Å². The summed E-state index contributed by atoms with van der Waals surface area (Å²) in [5, 5.41) is 9.40. The van der Waals surface area contributed by atoms with Crippen molar-refractivity contribution in [3.05, 3.63) is 33.5 Å². The number of hydrogen-bond donors (Lipinski definition) is 1. The van der Waals surface area contributed by atoms with Crippen LogP contribution in [0.4, 0.5) is 4.39 Å². The summed E-state index contributed by atoms with van der Waals surface area (Å²) in [6, 6.07) is 3.27. The van der Waals surface area contributed by atoms with E-state index in [-0.39, 0.29) is 5.82 Å². The van der Waals surface area contributed by atoms with E-state index in [0.29, 0.717) is 12.0 Å². The Morgan fingerprint density at radius 3 is 3.00 bits per heavy atom. The van der Waals surface area contributed by atoms with Crippen molar-refractivity contribution in [3.8, 4) is 0 Å². The predicted octanol–water partition coefficient (Wildman–Crippen LogP) is 2.57. The van der Waals surface area contributed by atoms with Crippen molar-refractivity contribution in [2.75, 3.05) is 0 Å². The molecule has 1 aliphatic carbocycles. The van der Waals surface area contributed by atoms with Gasteiger partial charge in [0.25, 0.3) is 0 Å². The molecule has 1 atom stereocenters. The van der Waals surface area contributed by atoms with Gasteiger partial charge in [-0.2, -0.15) is 0 Å². The summed E-state index contributed by atoms with van der Waals surface area (Å²) in [5.74, 6) is -0.302. The van der Waals surface area contributed by atoms with E-state index >= 15 is 0 Å². The smallest absolute Gasteiger partial charge is 0.130 e. The average molecular weight is 231 g/mol. The summed E-state index contributed by atoms with van der Waals surface area (Å²) in [5.41, 5.74) is 1.41. The summed E-state index contributed by atoms with van der Waals surface area (Å²) < 4.78 is 14.0. The Morgan fingerprint density at radius 1 is 1.50 bits per heavy atom. The minimum absolute atomic E-state index is 0.302. The molecule has 0 amide bonds. The highest BCUT2D eigenvalue weighted by Crippen LogP contribution is 2.34. The second kappa shape index (κ2) is 2.82. The van der Waals surface area contributed by atoms with Crippen LogP contribution in [0.2, 0.25) is 0 Å². The Balaban J connectivity index is 2.60. The maximum Gasteiger partial charge on any atom is 0.130 e. The van der Waals surface area contributed by atoms with E-state index in [4.69, 9.17) is 0 Å². The molecule has 0 spiro atoms. The maximum atomic E-state index is 13.2. The fraction of sp³-hybridized carbons (Fsp3) is 0.333. The van der Waals surface area contributed by atoms with Crippen molar-refractivity contribution in [2.24, 2.45) is 0 Å². The van der Waals surface area contributed by atoms with Crippen molar-refractivity contribution in [3.63, 3.8) is 0 Å². The van der Waals surface area contributed by atoms with E-state index in [2.05, 4.69) is 15.9 Å². The molecule has 0 saturated carbocycles. The van der Waals surface area contributed by atoms with Gasteiger partial charge in [-0.15, -0.1) is 0 Å². The van der Waals surface area contributed by atoms with Crippen LogP contribution in [0.15, 0.2) is 16.6 Å². The SMILES string of the molecule is O[C@H]1CCc2cc(Br)cc(F)c21. The third kappa shape index (κ3) is 1.17. The lowest BCUT2D eigenvalue weighted by Crippen LogP contribution is -1.94. The maximum absolute atomic E-state index is 13.2. The Kier molecular flexibility index (Phi) is 1.93. The van der Waals surface area contributed by atoms with Crippen LogP contribution >= 0.6 is 15.9 Å². The van der Waals surface area contributed by atoms with Crippen molar-refractivity contribution in [1.29, 1.82) is 0 Å².